The molecule has 1 aliphatic rings. The van der Waals surface area contributed by atoms with E-state index in [-0.39, 0.29) is 4.93 Å². The van der Waals surface area contributed by atoms with Crippen LogP contribution in [0, 0.1) is 6.92 Å². The number of hydrogen-bond acceptors (Lipinski definition) is 2. The molecule has 1 nitrogen and oxygen atoms in total. The molecule has 0 saturated carbocycles. The van der Waals surface area contributed by atoms with Crippen LogP contribution in [0.5, 0.6) is 0 Å². The van der Waals surface area contributed by atoms with Gasteiger partial charge >= 0.3 is 0 Å². The number of aryl methyl sites for hydroxylation is 1. The van der Waals surface area contributed by atoms with E-state index in [2.05, 4.69) is 38.1 Å². The van der Waals surface area contributed by atoms with Crippen LogP contribution in [0.3, 0.4) is 0 Å². The second kappa shape index (κ2) is 3.95. The summed E-state index contributed by atoms with van der Waals surface area (Å²) in [4.78, 5) is 1.31. The van der Waals surface area contributed by atoms with Gasteiger partial charge in [0, 0.05) is 11.5 Å². The van der Waals surface area contributed by atoms with Gasteiger partial charge in [-0.2, -0.15) is 0 Å². The molecule has 1 saturated heterocycles. The maximum atomic E-state index is 5.74. The molecular formula is C12H16OS. The van der Waals surface area contributed by atoms with E-state index < -0.39 is 0 Å². The number of hydrogen-bond donors (Lipinski definition) is 0. The SMILES string of the molecule is Cc1ccc(SC2(C)CCCO2)cc1. The first-order valence-corrected chi connectivity index (χ1v) is 5.89. The maximum Gasteiger partial charge on any atom is 0.115 e. The number of rotatable bonds is 2. The van der Waals surface area contributed by atoms with Crippen molar-refractivity contribution in [3.8, 4) is 0 Å². The third-order valence-electron chi connectivity index (χ3n) is 2.54. The fraction of sp³-hybridized carbons (Fsp3) is 0.500. The van der Waals surface area contributed by atoms with Gasteiger partial charge in [-0.15, -0.1) is 0 Å². The Balaban J connectivity index is 2.06. The van der Waals surface area contributed by atoms with Gasteiger partial charge in [-0.25, -0.2) is 0 Å². The van der Waals surface area contributed by atoms with Gasteiger partial charge in [-0.05, 0) is 38.8 Å². The summed E-state index contributed by atoms with van der Waals surface area (Å²) in [5.41, 5.74) is 1.31. The maximum absolute atomic E-state index is 5.74. The molecule has 76 valence electrons. The summed E-state index contributed by atoms with van der Waals surface area (Å²) in [6, 6.07) is 8.65. The van der Waals surface area contributed by atoms with Crippen molar-refractivity contribution in [2.75, 3.05) is 6.61 Å². The molecule has 1 unspecified atom stereocenters. The van der Waals surface area contributed by atoms with Crippen molar-refractivity contribution in [1.29, 1.82) is 0 Å². The summed E-state index contributed by atoms with van der Waals surface area (Å²) in [6.45, 7) is 5.21. The van der Waals surface area contributed by atoms with E-state index in [9.17, 15) is 0 Å². The van der Waals surface area contributed by atoms with Crippen LogP contribution >= 0.6 is 11.8 Å². The van der Waals surface area contributed by atoms with Crippen molar-refractivity contribution in [1.82, 2.24) is 0 Å². The Hall–Kier alpha value is -0.470. The molecule has 0 aliphatic carbocycles. The van der Waals surface area contributed by atoms with Crippen molar-refractivity contribution < 1.29 is 4.74 Å². The van der Waals surface area contributed by atoms with Crippen LogP contribution in [0.15, 0.2) is 29.2 Å². The smallest absolute Gasteiger partial charge is 0.115 e. The predicted octanol–water partition coefficient (Wildman–Crippen LogP) is 3.61. The van der Waals surface area contributed by atoms with Gasteiger partial charge in [0.1, 0.15) is 4.93 Å². The first-order chi connectivity index (χ1) is 6.68. The van der Waals surface area contributed by atoms with Gasteiger partial charge in [-0.3, -0.25) is 0 Å². The Labute approximate surface area is 89.9 Å². The normalized spacial score (nSPS) is 26.7. The van der Waals surface area contributed by atoms with E-state index in [1.54, 1.807) is 0 Å². The molecule has 0 bridgehead atoms. The zero-order valence-electron chi connectivity index (χ0n) is 8.75. The topological polar surface area (TPSA) is 9.23 Å². The molecule has 1 aromatic carbocycles. The highest BCUT2D eigenvalue weighted by atomic mass is 32.2. The summed E-state index contributed by atoms with van der Waals surface area (Å²) in [7, 11) is 0. The third kappa shape index (κ3) is 2.31. The number of ether oxygens (including phenoxy) is 1. The molecule has 1 heterocycles. The number of benzene rings is 1. The Bertz CT molecular complexity index is 299. The summed E-state index contributed by atoms with van der Waals surface area (Å²) in [5, 5.41) is 0. The van der Waals surface area contributed by atoms with Crippen LogP contribution in [0.2, 0.25) is 0 Å². The largest absolute Gasteiger partial charge is 0.364 e. The molecule has 1 aliphatic heterocycles. The average Bonchev–Trinajstić information content (AvgIpc) is 2.57. The van der Waals surface area contributed by atoms with Crippen molar-refractivity contribution in [3.05, 3.63) is 29.8 Å². The minimum atomic E-state index is 0.00918. The van der Waals surface area contributed by atoms with E-state index in [1.165, 1.54) is 16.9 Å². The molecule has 2 heteroatoms. The molecule has 1 atom stereocenters. The first kappa shape index (κ1) is 10.1. The Kier molecular flexibility index (Phi) is 2.84. The fourth-order valence-corrected chi connectivity index (χ4v) is 2.85. The van der Waals surface area contributed by atoms with Gasteiger partial charge in [0.25, 0.3) is 0 Å². The van der Waals surface area contributed by atoms with Crippen molar-refractivity contribution in [3.63, 3.8) is 0 Å². The fourth-order valence-electron chi connectivity index (χ4n) is 1.69. The highest BCUT2D eigenvalue weighted by Gasteiger charge is 2.30. The molecular weight excluding hydrogens is 192 g/mol. The average molecular weight is 208 g/mol. The summed E-state index contributed by atoms with van der Waals surface area (Å²) < 4.78 is 5.74. The zero-order chi connectivity index (χ0) is 10.0. The van der Waals surface area contributed by atoms with Crippen LogP contribution in [0.4, 0.5) is 0 Å². The molecule has 0 radical (unpaired) electrons. The van der Waals surface area contributed by atoms with E-state index in [4.69, 9.17) is 4.74 Å². The molecule has 1 aromatic rings. The van der Waals surface area contributed by atoms with Crippen LogP contribution in [-0.4, -0.2) is 11.5 Å². The van der Waals surface area contributed by atoms with Gasteiger partial charge < -0.3 is 4.74 Å². The number of thioether (sulfide) groups is 1. The van der Waals surface area contributed by atoms with E-state index >= 15 is 0 Å². The van der Waals surface area contributed by atoms with Crippen LogP contribution in [0.1, 0.15) is 25.3 Å². The molecule has 0 N–H and O–H groups in total. The summed E-state index contributed by atoms with van der Waals surface area (Å²) in [5.74, 6) is 0. The molecule has 0 aromatic heterocycles. The highest BCUT2D eigenvalue weighted by molar-refractivity contribution is 8.00. The summed E-state index contributed by atoms with van der Waals surface area (Å²) in [6.07, 6.45) is 2.35. The predicted molar refractivity (Wildman–Crippen MR) is 60.6 cm³/mol. The van der Waals surface area contributed by atoms with Crippen LogP contribution in [0.25, 0.3) is 0 Å². The lowest BCUT2D eigenvalue weighted by molar-refractivity contribution is 0.0970. The minimum absolute atomic E-state index is 0.00918. The third-order valence-corrected chi connectivity index (χ3v) is 3.80. The van der Waals surface area contributed by atoms with Gasteiger partial charge in [0.2, 0.25) is 0 Å². The molecule has 2 rings (SSSR count). The highest BCUT2D eigenvalue weighted by Crippen LogP contribution is 2.40. The van der Waals surface area contributed by atoms with Crippen molar-refractivity contribution in [2.45, 2.75) is 36.5 Å². The lowest BCUT2D eigenvalue weighted by atomic mass is 10.2. The molecule has 0 spiro atoms. The monoisotopic (exact) mass is 208 g/mol. The van der Waals surface area contributed by atoms with Gasteiger partial charge in [0.05, 0.1) is 0 Å². The van der Waals surface area contributed by atoms with Gasteiger partial charge in [0.15, 0.2) is 0 Å². The Morgan fingerprint density at radius 2 is 2.00 bits per heavy atom. The standard InChI is InChI=1S/C12H16OS/c1-10-4-6-11(7-5-10)14-12(2)8-3-9-13-12/h4-7H,3,8-9H2,1-2H3. The zero-order valence-corrected chi connectivity index (χ0v) is 9.56. The van der Waals surface area contributed by atoms with E-state index in [0.717, 1.165) is 13.0 Å². The second-order valence-corrected chi connectivity index (χ2v) is 5.54. The summed E-state index contributed by atoms with van der Waals surface area (Å²) >= 11 is 1.84. The van der Waals surface area contributed by atoms with E-state index in [0.29, 0.717) is 0 Å². The molecule has 0 amide bonds. The van der Waals surface area contributed by atoms with Gasteiger partial charge in [-0.1, -0.05) is 29.5 Å². The molecule has 1 fully saturated rings. The van der Waals surface area contributed by atoms with Crippen molar-refractivity contribution in [2.24, 2.45) is 0 Å². The lowest BCUT2D eigenvalue weighted by Crippen LogP contribution is -2.16. The van der Waals surface area contributed by atoms with Crippen LogP contribution < -0.4 is 0 Å². The van der Waals surface area contributed by atoms with Crippen molar-refractivity contribution >= 4 is 11.8 Å². The van der Waals surface area contributed by atoms with E-state index in [1.807, 2.05) is 11.8 Å². The Morgan fingerprint density at radius 3 is 2.57 bits per heavy atom. The van der Waals surface area contributed by atoms with Crippen LogP contribution in [-0.2, 0) is 4.74 Å². The quantitative estimate of drug-likeness (QED) is 0.734. The molecule has 14 heavy (non-hydrogen) atoms. The lowest BCUT2D eigenvalue weighted by Gasteiger charge is -2.22. The Morgan fingerprint density at radius 1 is 1.29 bits per heavy atom. The second-order valence-electron chi connectivity index (χ2n) is 4.00. The first-order valence-electron chi connectivity index (χ1n) is 5.08. The minimum Gasteiger partial charge on any atom is -0.364 e.